The number of hydrogen-bond acceptors (Lipinski definition) is 3. The highest BCUT2D eigenvalue weighted by Gasteiger charge is 2.07. The Labute approximate surface area is 100 Å². The Bertz CT molecular complexity index is 140. The number of rotatable bonds is 11. The SMILES string of the molecule is CC(C)N(CCCO)CCCCCCCO. The van der Waals surface area contributed by atoms with Crippen LogP contribution in [0.3, 0.4) is 0 Å². The minimum Gasteiger partial charge on any atom is -0.396 e. The molecule has 0 unspecified atom stereocenters. The van der Waals surface area contributed by atoms with Gasteiger partial charge in [0, 0.05) is 25.8 Å². The van der Waals surface area contributed by atoms with Crippen molar-refractivity contribution in [1.82, 2.24) is 4.90 Å². The van der Waals surface area contributed by atoms with E-state index in [9.17, 15) is 0 Å². The minimum atomic E-state index is 0.291. The molecule has 16 heavy (non-hydrogen) atoms. The number of aliphatic hydroxyl groups excluding tert-OH is 2. The molecule has 3 heteroatoms. The van der Waals surface area contributed by atoms with Crippen LogP contribution in [0, 0.1) is 0 Å². The zero-order valence-corrected chi connectivity index (χ0v) is 11.0. The molecular weight excluding hydrogens is 202 g/mol. The molecule has 0 saturated carbocycles. The van der Waals surface area contributed by atoms with E-state index in [0.717, 1.165) is 32.4 Å². The quantitative estimate of drug-likeness (QED) is 0.535. The van der Waals surface area contributed by atoms with Crippen molar-refractivity contribution in [3.05, 3.63) is 0 Å². The molecule has 0 bridgehead atoms. The van der Waals surface area contributed by atoms with Crippen molar-refractivity contribution in [2.45, 2.75) is 58.4 Å². The molecule has 0 aliphatic rings. The number of nitrogens with zero attached hydrogens (tertiary/aromatic N) is 1. The normalized spacial score (nSPS) is 11.6. The Morgan fingerprint density at radius 3 is 1.81 bits per heavy atom. The van der Waals surface area contributed by atoms with Gasteiger partial charge < -0.3 is 15.1 Å². The van der Waals surface area contributed by atoms with Crippen molar-refractivity contribution in [3.63, 3.8) is 0 Å². The monoisotopic (exact) mass is 231 g/mol. The van der Waals surface area contributed by atoms with Gasteiger partial charge in [0.1, 0.15) is 0 Å². The van der Waals surface area contributed by atoms with Crippen molar-refractivity contribution in [1.29, 1.82) is 0 Å². The summed E-state index contributed by atoms with van der Waals surface area (Å²) < 4.78 is 0. The average molecular weight is 231 g/mol. The van der Waals surface area contributed by atoms with Gasteiger partial charge in [-0.3, -0.25) is 0 Å². The lowest BCUT2D eigenvalue weighted by Crippen LogP contribution is -2.33. The lowest BCUT2D eigenvalue weighted by molar-refractivity contribution is 0.188. The Morgan fingerprint density at radius 2 is 1.25 bits per heavy atom. The van der Waals surface area contributed by atoms with Crippen molar-refractivity contribution in [2.75, 3.05) is 26.3 Å². The smallest absolute Gasteiger partial charge is 0.0443 e. The lowest BCUT2D eigenvalue weighted by Gasteiger charge is -2.26. The summed E-state index contributed by atoms with van der Waals surface area (Å²) in [5.41, 5.74) is 0. The Hall–Kier alpha value is -0.120. The van der Waals surface area contributed by atoms with Crippen LogP contribution in [0.1, 0.15) is 52.4 Å². The van der Waals surface area contributed by atoms with Crippen molar-refractivity contribution < 1.29 is 10.2 Å². The van der Waals surface area contributed by atoms with E-state index in [0.29, 0.717) is 19.3 Å². The predicted octanol–water partition coefficient (Wildman–Crippen LogP) is 2.02. The first-order valence-electron chi connectivity index (χ1n) is 6.68. The first kappa shape index (κ1) is 15.9. The van der Waals surface area contributed by atoms with Gasteiger partial charge in [-0.1, -0.05) is 19.3 Å². The molecular formula is C13H29NO2. The molecule has 0 aliphatic heterocycles. The maximum Gasteiger partial charge on any atom is 0.0443 e. The second kappa shape index (κ2) is 11.4. The van der Waals surface area contributed by atoms with Gasteiger partial charge in [-0.25, -0.2) is 0 Å². The summed E-state index contributed by atoms with van der Waals surface area (Å²) in [6.07, 6.45) is 6.68. The summed E-state index contributed by atoms with van der Waals surface area (Å²) in [6, 6.07) is 0.573. The molecule has 0 radical (unpaired) electrons. The van der Waals surface area contributed by atoms with Crippen LogP contribution in [0.2, 0.25) is 0 Å². The summed E-state index contributed by atoms with van der Waals surface area (Å²) in [4.78, 5) is 2.43. The third kappa shape index (κ3) is 9.13. The molecule has 0 amide bonds. The second-order valence-corrected chi connectivity index (χ2v) is 4.70. The molecule has 0 aromatic heterocycles. The van der Waals surface area contributed by atoms with E-state index in [-0.39, 0.29) is 0 Å². The van der Waals surface area contributed by atoms with Crippen molar-refractivity contribution in [3.8, 4) is 0 Å². The first-order valence-corrected chi connectivity index (χ1v) is 6.68. The highest BCUT2D eigenvalue weighted by atomic mass is 16.3. The second-order valence-electron chi connectivity index (χ2n) is 4.70. The summed E-state index contributed by atoms with van der Waals surface area (Å²) in [7, 11) is 0. The zero-order chi connectivity index (χ0) is 12.2. The van der Waals surface area contributed by atoms with E-state index in [2.05, 4.69) is 18.7 Å². The first-order chi connectivity index (χ1) is 7.72. The fourth-order valence-electron chi connectivity index (χ4n) is 1.86. The van der Waals surface area contributed by atoms with E-state index in [4.69, 9.17) is 10.2 Å². The van der Waals surface area contributed by atoms with Crippen LogP contribution in [0.15, 0.2) is 0 Å². The number of aliphatic hydroxyl groups is 2. The molecule has 98 valence electrons. The van der Waals surface area contributed by atoms with Gasteiger partial charge in [-0.15, -0.1) is 0 Å². The van der Waals surface area contributed by atoms with Gasteiger partial charge in [0.05, 0.1) is 0 Å². The molecule has 0 aromatic carbocycles. The van der Waals surface area contributed by atoms with Crippen LogP contribution in [-0.2, 0) is 0 Å². The molecule has 0 rings (SSSR count). The third-order valence-corrected chi connectivity index (χ3v) is 2.94. The highest BCUT2D eigenvalue weighted by Crippen LogP contribution is 2.06. The topological polar surface area (TPSA) is 43.7 Å². The van der Waals surface area contributed by atoms with Crippen LogP contribution in [0.5, 0.6) is 0 Å². The maximum absolute atomic E-state index is 8.82. The van der Waals surface area contributed by atoms with E-state index >= 15 is 0 Å². The van der Waals surface area contributed by atoms with Crippen LogP contribution in [-0.4, -0.2) is 47.5 Å². The average Bonchev–Trinajstić information content (AvgIpc) is 2.26. The van der Waals surface area contributed by atoms with Gasteiger partial charge in [-0.2, -0.15) is 0 Å². The van der Waals surface area contributed by atoms with E-state index in [1.54, 1.807) is 0 Å². The maximum atomic E-state index is 8.82. The number of unbranched alkanes of at least 4 members (excludes halogenated alkanes) is 4. The van der Waals surface area contributed by atoms with E-state index < -0.39 is 0 Å². The minimum absolute atomic E-state index is 0.291. The fourth-order valence-corrected chi connectivity index (χ4v) is 1.86. The van der Waals surface area contributed by atoms with Crippen LogP contribution in [0.25, 0.3) is 0 Å². The molecule has 0 saturated heterocycles. The molecule has 0 heterocycles. The Kier molecular flexibility index (Phi) is 11.3. The zero-order valence-electron chi connectivity index (χ0n) is 11.0. The molecule has 2 N–H and O–H groups in total. The molecule has 3 nitrogen and oxygen atoms in total. The molecule has 0 aromatic rings. The molecule has 0 atom stereocenters. The third-order valence-electron chi connectivity index (χ3n) is 2.94. The summed E-state index contributed by atoms with van der Waals surface area (Å²) >= 11 is 0. The van der Waals surface area contributed by atoms with Crippen LogP contribution in [0.4, 0.5) is 0 Å². The van der Waals surface area contributed by atoms with Crippen molar-refractivity contribution >= 4 is 0 Å². The molecule has 0 spiro atoms. The Balaban J connectivity index is 3.44. The lowest BCUT2D eigenvalue weighted by atomic mass is 10.1. The van der Waals surface area contributed by atoms with Gasteiger partial charge in [0.2, 0.25) is 0 Å². The van der Waals surface area contributed by atoms with Gasteiger partial charge in [-0.05, 0) is 39.7 Å². The standard InChI is InChI=1S/C13H29NO2/c1-13(2)14(10-8-12-16)9-6-4-3-5-7-11-15/h13,15-16H,3-12H2,1-2H3. The summed E-state index contributed by atoms with van der Waals surface area (Å²) in [5, 5.41) is 17.5. The van der Waals surface area contributed by atoms with Gasteiger partial charge in [0.25, 0.3) is 0 Å². The van der Waals surface area contributed by atoms with Gasteiger partial charge in [0.15, 0.2) is 0 Å². The van der Waals surface area contributed by atoms with Crippen LogP contribution >= 0.6 is 0 Å². The molecule has 0 aliphatic carbocycles. The highest BCUT2D eigenvalue weighted by molar-refractivity contribution is 4.62. The predicted molar refractivity (Wildman–Crippen MR) is 68.6 cm³/mol. The van der Waals surface area contributed by atoms with Crippen LogP contribution < -0.4 is 0 Å². The largest absolute Gasteiger partial charge is 0.396 e. The Morgan fingerprint density at radius 1 is 0.750 bits per heavy atom. The molecule has 0 fully saturated rings. The summed E-state index contributed by atoms with van der Waals surface area (Å²) in [6.45, 7) is 7.18. The van der Waals surface area contributed by atoms with Gasteiger partial charge >= 0.3 is 0 Å². The van der Waals surface area contributed by atoms with E-state index in [1.807, 2.05) is 0 Å². The fraction of sp³-hybridized carbons (Fsp3) is 1.00. The van der Waals surface area contributed by atoms with Crippen molar-refractivity contribution in [2.24, 2.45) is 0 Å². The summed E-state index contributed by atoms with van der Waals surface area (Å²) in [5.74, 6) is 0. The van der Waals surface area contributed by atoms with E-state index in [1.165, 1.54) is 19.3 Å². The number of hydrogen-bond donors (Lipinski definition) is 2.